The Bertz CT molecular complexity index is 624. The number of nitrogen functional groups attached to an aromatic ring is 1. The summed E-state index contributed by atoms with van der Waals surface area (Å²) in [5.41, 5.74) is 1.92. The van der Waals surface area contributed by atoms with E-state index in [2.05, 4.69) is 4.98 Å². The molecule has 0 spiro atoms. The van der Waals surface area contributed by atoms with E-state index in [1.807, 2.05) is 5.43 Å². The molecule has 0 saturated heterocycles. The van der Waals surface area contributed by atoms with Crippen LogP contribution < -0.4 is 16.0 Å². The van der Waals surface area contributed by atoms with Crippen molar-refractivity contribution >= 4 is 17.4 Å². The average molecular weight is 290 g/mol. The average Bonchev–Trinajstić information content (AvgIpc) is 2.38. The number of nitrogens with one attached hydrogen (secondary N) is 1. The van der Waals surface area contributed by atoms with Gasteiger partial charge in [-0.25, -0.2) is 19.0 Å². The molecule has 0 aliphatic heterocycles. The first kappa shape index (κ1) is 13.4. The molecule has 0 saturated carbocycles. The fraction of sp³-hybridized carbons (Fsp3) is 0. The lowest BCUT2D eigenvalue weighted by atomic mass is 10.3. The highest BCUT2D eigenvalue weighted by molar-refractivity contribution is 6.30. The summed E-state index contributed by atoms with van der Waals surface area (Å²) in [4.78, 5) is 3.44. The van der Waals surface area contributed by atoms with Gasteiger partial charge in [0.2, 0.25) is 0 Å². The van der Waals surface area contributed by atoms with Gasteiger partial charge in [-0.05, 0) is 12.1 Å². The van der Waals surface area contributed by atoms with E-state index in [9.17, 15) is 13.2 Å². The Morgan fingerprint density at radius 1 is 1.21 bits per heavy atom. The summed E-state index contributed by atoms with van der Waals surface area (Å²) in [6, 6.07) is 4.44. The molecule has 4 nitrogen and oxygen atoms in total. The first-order valence-electron chi connectivity index (χ1n) is 4.97. The minimum atomic E-state index is -1.10. The number of nitrogens with two attached hydrogens (primary N) is 1. The van der Waals surface area contributed by atoms with Crippen LogP contribution in [0.25, 0.3) is 0 Å². The lowest BCUT2D eigenvalue weighted by Crippen LogP contribution is -2.11. The van der Waals surface area contributed by atoms with Gasteiger partial charge in [0, 0.05) is 6.07 Å². The topological polar surface area (TPSA) is 60.2 Å². The maximum absolute atomic E-state index is 13.6. The highest BCUT2D eigenvalue weighted by atomic mass is 35.5. The fourth-order valence-electron chi connectivity index (χ4n) is 1.29. The predicted octanol–water partition coefficient (Wildman–Crippen LogP) is 3.23. The van der Waals surface area contributed by atoms with Gasteiger partial charge in [0.1, 0.15) is 0 Å². The molecular formula is C11H7ClF3N3O. The van der Waals surface area contributed by atoms with E-state index in [4.69, 9.17) is 22.2 Å². The molecule has 0 radical (unpaired) electrons. The number of benzene rings is 1. The number of anilines is 1. The van der Waals surface area contributed by atoms with Crippen LogP contribution in [0.2, 0.25) is 5.02 Å². The quantitative estimate of drug-likeness (QED) is 0.673. The zero-order valence-corrected chi connectivity index (χ0v) is 10.0. The Morgan fingerprint density at radius 2 is 1.95 bits per heavy atom. The second-order valence-corrected chi connectivity index (χ2v) is 3.81. The van der Waals surface area contributed by atoms with Gasteiger partial charge in [0.25, 0.3) is 5.88 Å². The third kappa shape index (κ3) is 2.72. The van der Waals surface area contributed by atoms with Gasteiger partial charge in [-0.15, -0.1) is 0 Å². The molecule has 0 aliphatic carbocycles. The molecular weight excluding hydrogens is 283 g/mol. The van der Waals surface area contributed by atoms with E-state index in [1.54, 1.807) is 0 Å². The van der Waals surface area contributed by atoms with Gasteiger partial charge in [-0.2, -0.15) is 4.98 Å². The van der Waals surface area contributed by atoms with Crippen molar-refractivity contribution in [3.8, 4) is 11.6 Å². The molecule has 2 aromatic rings. The summed E-state index contributed by atoms with van der Waals surface area (Å²) in [5, 5.41) is -0.197. The second kappa shape index (κ2) is 5.33. The summed E-state index contributed by atoms with van der Waals surface area (Å²) in [6.45, 7) is 0. The summed E-state index contributed by atoms with van der Waals surface area (Å²) in [7, 11) is 0. The first-order chi connectivity index (χ1) is 9.02. The highest BCUT2D eigenvalue weighted by Crippen LogP contribution is 2.30. The Balaban J connectivity index is 2.41. The number of aromatic nitrogens is 1. The monoisotopic (exact) mass is 289 g/mol. The van der Waals surface area contributed by atoms with Crippen LogP contribution in [0, 0.1) is 17.5 Å². The van der Waals surface area contributed by atoms with Gasteiger partial charge in [-0.3, -0.25) is 0 Å². The number of hydrogen-bond acceptors (Lipinski definition) is 4. The fourth-order valence-corrected chi connectivity index (χ4v) is 1.46. The molecule has 1 heterocycles. The largest absolute Gasteiger partial charge is 0.433 e. The molecule has 8 heteroatoms. The zero-order valence-electron chi connectivity index (χ0n) is 9.25. The third-order valence-corrected chi connectivity index (χ3v) is 2.45. The molecule has 3 N–H and O–H groups in total. The van der Waals surface area contributed by atoms with Gasteiger partial charge in [-0.1, -0.05) is 17.7 Å². The molecule has 0 unspecified atom stereocenters. The minimum absolute atomic E-state index is 0.197. The number of hydrazine groups is 1. The number of pyridine rings is 1. The normalized spacial score (nSPS) is 10.4. The van der Waals surface area contributed by atoms with E-state index in [0.717, 1.165) is 0 Å². The Hall–Kier alpha value is -1.99. The molecule has 0 amide bonds. The summed E-state index contributed by atoms with van der Waals surface area (Å²) in [5.74, 6) is 0.611. The van der Waals surface area contributed by atoms with Crippen LogP contribution in [0.5, 0.6) is 11.6 Å². The summed E-state index contributed by atoms with van der Waals surface area (Å²) >= 11 is 5.54. The van der Waals surface area contributed by atoms with Crippen molar-refractivity contribution in [1.82, 2.24) is 4.98 Å². The van der Waals surface area contributed by atoms with E-state index in [0.29, 0.717) is 6.07 Å². The molecule has 2 rings (SSSR count). The standard InChI is InChI=1S/C11H7ClF3N3O/c12-5-2-1-3-8(9(5)15)19-11-7(14)4-6(13)10(17-11)18-16/h1-4H,16H2,(H,17,18). The predicted molar refractivity (Wildman–Crippen MR) is 63.4 cm³/mol. The van der Waals surface area contributed by atoms with Crippen molar-refractivity contribution in [2.24, 2.45) is 5.84 Å². The molecule has 0 bridgehead atoms. The molecule has 100 valence electrons. The van der Waals surface area contributed by atoms with Crippen molar-refractivity contribution in [3.05, 3.63) is 46.7 Å². The number of ether oxygens (including phenoxy) is 1. The molecule has 19 heavy (non-hydrogen) atoms. The first-order valence-corrected chi connectivity index (χ1v) is 5.35. The lowest BCUT2D eigenvalue weighted by molar-refractivity contribution is 0.395. The smallest absolute Gasteiger partial charge is 0.258 e. The minimum Gasteiger partial charge on any atom is -0.433 e. The van der Waals surface area contributed by atoms with Crippen molar-refractivity contribution in [2.45, 2.75) is 0 Å². The molecule has 1 aromatic carbocycles. The van der Waals surface area contributed by atoms with Crippen molar-refractivity contribution in [2.75, 3.05) is 5.43 Å². The summed E-state index contributed by atoms with van der Waals surface area (Å²) in [6.07, 6.45) is 0. The van der Waals surface area contributed by atoms with Gasteiger partial charge >= 0.3 is 0 Å². The van der Waals surface area contributed by atoms with E-state index in [1.165, 1.54) is 18.2 Å². The van der Waals surface area contributed by atoms with Crippen LogP contribution in [0.4, 0.5) is 19.0 Å². The Morgan fingerprint density at radius 3 is 2.63 bits per heavy atom. The highest BCUT2D eigenvalue weighted by Gasteiger charge is 2.16. The lowest BCUT2D eigenvalue weighted by Gasteiger charge is -2.09. The van der Waals surface area contributed by atoms with Crippen LogP contribution in [-0.4, -0.2) is 4.98 Å². The van der Waals surface area contributed by atoms with Gasteiger partial charge < -0.3 is 10.2 Å². The van der Waals surface area contributed by atoms with E-state index >= 15 is 0 Å². The maximum atomic E-state index is 13.6. The molecule has 0 aliphatic rings. The number of rotatable bonds is 3. The molecule has 0 fully saturated rings. The van der Waals surface area contributed by atoms with Crippen molar-refractivity contribution in [3.63, 3.8) is 0 Å². The van der Waals surface area contributed by atoms with Crippen LogP contribution in [0.1, 0.15) is 0 Å². The number of nitrogens with zero attached hydrogens (tertiary/aromatic N) is 1. The van der Waals surface area contributed by atoms with Gasteiger partial charge in [0.05, 0.1) is 5.02 Å². The number of halogens is 4. The van der Waals surface area contributed by atoms with Crippen LogP contribution >= 0.6 is 11.6 Å². The van der Waals surface area contributed by atoms with Crippen molar-refractivity contribution in [1.29, 1.82) is 0 Å². The van der Waals surface area contributed by atoms with Crippen LogP contribution in [-0.2, 0) is 0 Å². The van der Waals surface area contributed by atoms with E-state index in [-0.39, 0.29) is 10.8 Å². The zero-order chi connectivity index (χ0) is 14.0. The Labute approximate surface area is 110 Å². The maximum Gasteiger partial charge on any atom is 0.258 e. The third-order valence-electron chi connectivity index (χ3n) is 2.16. The number of hydrogen-bond donors (Lipinski definition) is 2. The Kier molecular flexibility index (Phi) is 3.77. The van der Waals surface area contributed by atoms with E-state index < -0.39 is 29.1 Å². The van der Waals surface area contributed by atoms with Crippen LogP contribution in [0.15, 0.2) is 24.3 Å². The second-order valence-electron chi connectivity index (χ2n) is 3.40. The summed E-state index contributed by atoms with van der Waals surface area (Å²) < 4.78 is 45.0. The van der Waals surface area contributed by atoms with Gasteiger partial charge in [0.15, 0.2) is 29.0 Å². The SMILES string of the molecule is NNc1nc(Oc2cccc(Cl)c2F)c(F)cc1F. The molecule has 1 aromatic heterocycles. The molecule has 0 atom stereocenters. The van der Waals surface area contributed by atoms with Crippen LogP contribution in [0.3, 0.4) is 0 Å². The van der Waals surface area contributed by atoms with Crippen molar-refractivity contribution < 1.29 is 17.9 Å².